The van der Waals surface area contributed by atoms with Gasteiger partial charge < -0.3 is 4.74 Å². The summed E-state index contributed by atoms with van der Waals surface area (Å²) in [7, 11) is 0. The second-order valence-electron chi connectivity index (χ2n) is 2.13. The second-order valence-corrected chi connectivity index (χ2v) is 2.13. The number of fused-ring (bicyclic) bond motifs is 1. The van der Waals surface area contributed by atoms with Crippen molar-refractivity contribution in [2.45, 2.75) is 6.42 Å². The number of hydrogen-bond donors (Lipinski definition) is 0. The van der Waals surface area contributed by atoms with E-state index in [-0.39, 0.29) is 0 Å². The predicted molar refractivity (Wildman–Crippen MR) is 35.6 cm³/mol. The van der Waals surface area contributed by atoms with Crippen LogP contribution in [0.25, 0.3) is 0 Å². The molecule has 1 aromatic rings. The molecule has 1 nitrogen and oxygen atoms in total. The van der Waals surface area contributed by atoms with Gasteiger partial charge in [-0.3, -0.25) is 0 Å². The standard InChI is InChI=1S/C8H7O/c1-2-6-3-4-7-8(5-6)9-7/h3-5H,1-2H2. The van der Waals surface area contributed by atoms with Crippen molar-refractivity contribution in [1.82, 2.24) is 0 Å². The van der Waals surface area contributed by atoms with Crippen LogP contribution in [-0.4, -0.2) is 0 Å². The Morgan fingerprint density at radius 3 is 2.89 bits per heavy atom. The monoisotopic (exact) mass is 119 g/mol. The zero-order valence-corrected chi connectivity index (χ0v) is 5.05. The molecule has 0 bridgehead atoms. The van der Waals surface area contributed by atoms with Gasteiger partial charge in [-0.25, -0.2) is 0 Å². The van der Waals surface area contributed by atoms with Gasteiger partial charge in [0.1, 0.15) is 0 Å². The Labute approximate surface area is 54.3 Å². The van der Waals surface area contributed by atoms with Crippen LogP contribution < -0.4 is 4.74 Å². The summed E-state index contributed by atoms with van der Waals surface area (Å²) in [4.78, 5) is 0. The fraction of sp³-hybridized carbons (Fsp3) is 0.125. The molecule has 2 rings (SSSR count). The highest BCUT2D eigenvalue weighted by Crippen LogP contribution is 2.45. The van der Waals surface area contributed by atoms with Crippen LogP contribution in [-0.2, 0) is 6.42 Å². The van der Waals surface area contributed by atoms with Gasteiger partial charge in [0.25, 0.3) is 0 Å². The normalized spacial score (nSPS) is 12.1. The number of hydrogen-bond acceptors (Lipinski definition) is 1. The molecular formula is C8H7O. The molecule has 0 aromatic heterocycles. The van der Waals surface area contributed by atoms with E-state index in [0.29, 0.717) is 0 Å². The van der Waals surface area contributed by atoms with Gasteiger partial charge in [0.2, 0.25) is 0 Å². The van der Waals surface area contributed by atoms with E-state index in [1.165, 1.54) is 5.56 Å². The Hall–Kier alpha value is -0.980. The van der Waals surface area contributed by atoms with Gasteiger partial charge >= 0.3 is 0 Å². The van der Waals surface area contributed by atoms with Crippen molar-refractivity contribution in [2.24, 2.45) is 0 Å². The molecule has 1 aliphatic heterocycles. The van der Waals surface area contributed by atoms with Crippen molar-refractivity contribution in [3.05, 3.63) is 30.7 Å². The third-order valence-corrected chi connectivity index (χ3v) is 1.48. The van der Waals surface area contributed by atoms with Gasteiger partial charge in [-0.15, -0.1) is 0 Å². The summed E-state index contributed by atoms with van der Waals surface area (Å²) in [5, 5.41) is 0. The molecule has 0 N–H and O–H groups in total. The Balaban J connectivity index is 2.44. The van der Waals surface area contributed by atoms with Crippen LogP contribution in [0.15, 0.2) is 18.2 Å². The summed E-state index contributed by atoms with van der Waals surface area (Å²) in [6, 6.07) is 6.05. The number of rotatable bonds is 1. The van der Waals surface area contributed by atoms with Gasteiger partial charge in [-0.05, 0) is 31.0 Å². The van der Waals surface area contributed by atoms with E-state index >= 15 is 0 Å². The van der Waals surface area contributed by atoms with Crippen molar-refractivity contribution < 1.29 is 4.74 Å². The average molecular weight is 119 g/mol. The van der Waals surface area contributed by atoms with Crippen LogP contribution in [0.4, 0.5) is 0 Å². The summed E-state index contributed by atoms with van der Waals surface area (Å²) >= 11 is 0. The lowest BCUT2D eigenvalue weighted by Gasteiger charge is -1.86. The van der Waals surface area contributed by atoms with Gasteiger partial charge in [0.05, 0.1) is 0 Å². The minimum atomic E-state index is 0.844. The van der Waals surface area contributed by atoms with Crippen LogP contribution >= 0.6 is 0 Å². The fourth-order valence-corrected chi connectivity index (χ4v) is 0.864. The van der Waals surface area contributed by atoms with Gasteiger partial charge in [-0.2, -0.15) is 0 Å². The van der Waals surface area contributed by atoms with E-state index in [2.05, 4.69) is 6.92 Å². The first-order chi connectivity index (χ1) is 4.40. The Morgan fingerprint density at radius 1 is 1.33 bits per heavy atom. The first-order valence-electron chi connectivity index (χ1n) is 3.00. The highest BCUT2D eigenvalue weighted by molar-refractivity contribution is 5.55. The lowest BCUT2D eigenvalue weighted by atomic mass is 10.2. The van der Waals surface area contributed by atoms with E-state index in [1.54, 1.807) is 0 Å². The predicted octanol–water partition coefficient (Wildman–Crippen LogP) is 2.17. The van der Waals surface area contributed by atoms with Gasteiger partial charge in [0, 0.05) is 0 Å². The third kappa shape index (κ3) is 0.689. The van der Waals surface area contributed by atoms with Crippen LogP contribution in [0.1, 0.15) is 5.56 Å². The molecule has 0 unspecified atom stereocenters. The maximum Gasteiger partial charge on any atom is 0.170 e. The molecule has 0 saturated heterocycles. The first-order valence-corrected chi connectivity index (χ1v) is 3.00. The van der Waals surface area contributed by atoms with E-state index in [1.807, 2.05) is 18.2 Å². The Bertz CT molecular complexity index is 240. The van der Waals surface area contributed by atoms with Crippen molar-refractivity contribution in [2.75, 3.05) is 0 Å². The van der Waals surface area contributed by atoms with E-state index in [4.69, 9.17) is 4.74 Å². The fourth-order valence-electron chi connectivity index (χ4n) is 0.864. The minimum absolute atomic E-state index is 0.844. The molecule has 1 radical (unpaired) electrons. The maximum atomic E-state index is 5.05. The molecule has 1 aliphatic rings. The zero-order valence-electron chi connectivity index (χ0n) is 5.05. The summed E-state index contributed by atoms with van der Waals surface area (Å²) in [5.74, 6) is 2.04. The summed E-state index contributed by atoms with van der Waals surface area (Å²) < 4.78 is 5.05. The third-order valence-electron chi connectivity index (χ3n) is 1.48. The lowest BCUT2D eigenvalue weighted by molar-refractivity contribution is 0.649. The molecule has 0 amide bonds. The quantitative estimate of drug-likeness (QED) is 0.524. The van der Waals surface area contributed by atoms with E-state index in [0.717, 1.165) is 17.9 Å². The Kier molecular flexibility index (Phi) is 0.810. The second kappa shape index (κ2) is 1.50. The molecule has 45 valence electrons. The molecular weight excluding hydrogens is 112 g/mol. The van der Waals surface area contributed by atoms with Crippen molar-refractivity contribution in [3.8, 4) is 11.5 Å². The van der Waals surface area contributed by atoms with Gasteiger partial charge in [0.15, 0.2) is 11.5 Å². The van der Waals surface area contributed by atoms with E-state index < -0.39 is 0 Å². The molecule has 9 heavy (non-hydrogen) atoms. The highest BCUT2D eigenvalue weighted by atomic mass is 16.6. The molecule has 0 atom stereocenters. The number of ether oxygens (including phenoxy) is 1. The first kappa shape index (κ1) is 4.86. The van der Waals surface area contributed by atoms with Crippen LogP contribution in [0.3, 0.4) is 0 Å². The zero-order chi connectivity index (χ0) is 6.27. The van der Waals surface area contributed by atoms with Crippen molar-refractivity contribution >= 4 is 0 Å². The molecule has 0 spiro atoms. The molecule has 0 aliphatic carbocycles. The van der Waals surface area contributed by atoms with Gasteiger partial charge in [-0.1, -0.05) is 6.07 Å². The summed E-state index contributed by atoms with van der Waals surface area (Å²) in [5.41, 5.74) is 1.24. The lowest BCUT2D eigenvalue weighted by Crippen LogP contribution is -1.71. The minimum Gasteiger partial charge on any atom is -0.450 e. The van der Waals surface area contributed by atoms with Crippen LogP contribution in [0.2, 0.25) is 0 Å². The topological polar surface area (TPSA) is 12.5 Å². The molecule has 0 saturated carbocycles. The largest absolute Gasteiger partial charge is 0.450 e. The van der Waals surface area contributed by atoms with Crippen LogP contribution in [0, 0.1) is 6.92 Å². The molecule has 1 heteroatoms. The SMILES string of the molecule is [CH2]Cc1ccc2c(c1)O2. The highest BCUT2D eigenvalue weighted by Gasteiger charge is 2.18. The smallest absolute Gasteiger partial charge is 0.170 e. The number of benzene rings is 1. The van der Waals surface area contributed by atoms with Crippen molar-refractivity contribution in [3.63, 3.8) is 0 Å². The summed E-state index contributed by atoms with van der Waals surface area (Å²) in [6.07, 6.45) is 0.844. The van der Waals surface area contributed by atoms with E-state index in [9.17, 15) is 0 Å². The van der Waals surface area contributed by atoms with Crippen molar-refractivity contribution in [1.29, 1.82) is 0 Å². The summed E-state index contributed by atoms with van der Waals surface area (Å²) in [6.45, 7) is 3.76. The Morgan fingerprint density at radius 2 is 2.22 bits per heavy atom. The molecule has 0 fully saturated rings. The van der Waals surface area contributed by atoms with Crippen LogP contribution in [0.5, 0.6) is 11.5 Å². The molecule has 1 heterocycles. The maximum absolute atomic E-state index is 5.05. The molecule has 1 aromatic carbocycles. The average Bonchev–Trinajstić information content (AvgIpc) is 2.64.